The van der Waals surface area contributed by atoms with Gasteiger partial charge in [0.15, 0.2) is 0 Å². The van der Waals surface area contributed by atoms with Crippen LogP contribution < -0.4 is 0 Å². The van der Waals surface area contributed by atoms with E-state index in [1.54, 1.807) is 24.3 Å². The zero-order chi connectivity index (χ0) is 15.9. The molecule has 0 aromatic carbocycles. The monoisotopic (exact) mass is 294 g/mol. The molecule has 21 heavy (non-hydrogen) atoms. The number of hydrogen-bond donors (Lipinski definition) is 2. The van der Waals surface area contributed by atoms with Gasteiger partial charge < -0.3 is 10.2 Å². The second-order valence-electron chi connectivity index (χ2n) is 5.83. The van der Waals surface area contributed by atoms with Crippen molar-refractivity contribution in [2.45, 2.75) is 58.8 Å². The van der Waals surface area contributed by atoms with E-state index in [1.165, 1.54) is 0 Å². The molecule has 0 aliphatic heterocycles. The molecule has 0 aromatic rings. The van der Waals surface area contributed by atoms with Gasteiger partial charge in [-0.25, -0.2) is 0 Å². The maximum absolute atomic E-state index is 12.0. The smallest absolute Gasteiger partial charge is 0.315 e. The summed E-state index contributed by atoms with van der Waals surface area (Å²) in [6.07, 6.45) is 11.6. The number of carboxylic acid groups (broad SMARTS) is 2. The van der Waals surface area contributed by atoms with Crippen LogP contribution in [0.3, 0.4) is 0 Å². The molecule has 2 N–H and O–H groups in total. The Morgan fingerprint density at radius 3 is 1.76 bits per heavy atom. The van der Waals surface area contributed by atoms with Crippen LogP contribution in [0.2, 0.25) is 0 Å². The minimum Gasteiger partial charge on any atom is -0.481 e. The Morgan fingerprint density at radius 1 is 0.810 bits per heavy atom. The molecule has 4 nitrogen and oxygen atoms in total. The molecule has 0 spiro atoms. The van der Waals surface area contributed by atoms with Crippen molar-refractivity contribution in [3.8, 4) is 0 Å². The molecule has 0 radical (unpaired) electrons. The van der Waals surface area contributed by atoms with Crippen LogP contribution >= 0.6 is 0 Å². The second-order valence-corrected chi connectivity index (χ2v) is 5.83. The molecule has 1 aliphatic rings. The Balaban J connectivity index is 3.17. The summed E-state index contributed by atoms with van der Waals surface area (Å²) in [5.41, 5.74) is -2.67. The summed E-state index contributed by atoms with van der Waals surface area (Å²) in [4.78, 5) is 23.9. The summed E-state index contributed by atoms with van der Waals surface area (Å²) in [7, 11) is 0. The highest BCUT2D eigenvalue weighted by Gasteiger charge is 2.58. The van der Waals surface area contributed by atoms with Crippen molar-refractivity contribution in [2.75, 3.05) is 0 Å². The summed E-state index contributed by atoms with van der Waals surface area (Å²) in [6, 6.07) is 0. The maximum Gasteiger partial charge on any atom is 0.315 e. The maximum atomic E-state index is 12.0. The van der Waals surface area contributed by atoms with Crippen LogP contribution in [-0.2, 0) is 9.59 Å². The van der Waals surface area contributed by atoms with E-state index in [0.29, 0.717) is 19.3 Å². The van der Waals surface area contributed by atoms with Crippen LogP contribution in [-0.4, -0.2) is 22.2 Å². The molecule has 2 atom stereocenters. The molecular formula is C17H26O4. The largest absolute Gasteiger partial charge is 0.481 e. The molecular weight excluding hydrogens is 268 g/mol. The van der Waals surface area contributed by atoms with Crippen LogP contribution in [0.15, 0.2) is 24.3 Å². The van der Waals surface area contributed by atoms with Gasteiger partial charge in [-0.15, -0.1) is 0 Å². The van der Waals surface area contributed by atoms with Gasteiger partial charge in [0.1, 0.15) is 10.8 Å². The average Bonchev–Trinajstić information content (AvgIpc) is 2.45. The lowest BCUT2D eigenvalue weighted by Gasteiger charge is -2.43. The van der Waals surface area contributed by atoms with E-state index >= 15 is 0 Å². The van der Waals surface area contributed by atoms with Crippen molar-refractivity contribution < 1.29 is 19.8 Å². The summed E-state index contributed by atoms with van der Waals surface area (Å²) in [5.74, 6) is -2.07. The molecule has 0 bridgehead atoms. The van der Waals surface area contributed by atoms with Gasteiger partial charge in [-0.3, -0.25) is 9.59 Å². The highest BCUT2D eigenvalue weighted by Crippen LogP contribution is 2.51. The number of hydrogen-bond acceptors (Lipinski definition) is 2. The lowest BCUT2D eigenvalue weighted by Crippen LogP contribution is -2.51. The Morgan fingerprint density at radius 2 is 1.33 bits per heavy atom. The summed E-state index contributed by atoms with van der Waals surface area (Å²) >= 11 is 0. The number of aliphatic carboxylic acids is 2. The molecule has 4 heteroatoms. The Labute approximate surface area is 126 Å². The molecule has 0 saturated carbocycles. The predicted octanol–water partition coefficient (Wildman–Crippen LogP) is 4.02. The fourth-order valence-corrected chi connectivity index (χ4v) is 3.31. The van der Waals surface area contributed by atoms with Gasteiger partial charge in [-0.2, -0.15) is 0 Å². The minimum absolute atomic E-state index is 0.337. The molecule has 1 aliphatic carbocycles. The summed E-state index contributed by atoms with van der Waals surface area (Å²) < 4.78 is 0. The van der Waals surface area contributed by atoms with Crippen molar-refractivity contribution in [1.29, 1.82) is 0 Å². The van der Waals surface area contributed by atoms with Gasteiger partial charge in [0.05, 0.1) is 0 Å². The third kappa shape index (κ3) is 3.20. The van der Waals surface area contributed by atoms with Gasteiger partial charge in [-0.05, 0) is 12.8 Å². The van der Waals surface area contributed by atoms with Crippen molar-refractivity contribution in [1.82, 2.24) is 0 Å². The summed E-state index contributed by atoms with van der Waals surface area (Å²) in [6.45, 7) is 3.98. The number of allylic oxidation sites excluding steroid dienone is 2. The first-order valence-corrected chi connectivity index (χ1v) is 7.80. The molecule has 0 fully saturated rings. The average molecular weight is 294 g/mol. The van der Waals surface area contributed by atoms with Gasteiger partial charge in [0, 0.05) is 0 Å². The van der Waals surface area contributed by atoms with E-state index in [1.807, 2.05) is 6.92 Å². The van der Waals surface area contributed by atoms with E-state index in [0.717, 1.165) is 25.7 Å². The fourth-order valence-electron chi connectivity index (χ4n) is 3.31. The van der Waals surface area contributed by atoms with Crippen LogP contribution in [0.5, 0.6) is 0 Å². The van der Waals surface area contributed by atoms with E-state index < -0.39 is 22.8 Å². The van der Waals surface area contributed by atoms with E-state index in [-0.39, 0.29) is 0 Å². The van der Waals surface area contributed by atoms with Crippen molar-refractivity contribution in [3.63, 3.8) is 0 Å². The standard InChI is InChI=1S/C17H26O4/c1-3-5-6-7-11-17(15(20)21)13-9-8-12-16(17,10-4-2)14(18)19/h8-9,12-13H,3-7,10-11H2,1-2H3,(H,18,19)(H,20,21). The molecule has 2 unspecified atom stereocenters. The normalized spacial score (nSPS) is 27.7. The highest BCUT2D eigenvalue weighted by atomic mass is 16.4. The van der Waals surface area contributed by atoms with E-state index in [4.69, 9.17) is 0 Å². The summed E-state index contributed by atoms with van der Waals surface area (Å²) in [5, 5.41) is 19.6. The molecule has 1 rings (SSSR count). The molecule has 0 heterocycles. The lowest BCUT2D eigenvalue weighted by atomic mass is 9.57. The molecule has 118 valence electrons. The second kappa shape index (κ2) is 7.43. The molecule has 0 aromatic heterocycles. The predicted molar refractivity (Wildman–Crippen MR) is 82.1 cm³/mol. The van der Waals surface area contributed by atoms with Crippen LogP contribution in [0.4, 0.5) is 0 Å². The third-order valence-electron chi connectivity index (χ3n) is 4.50. The van der Waals surface area contributed by atoms with Crippen molar-refractivity contribution in [3.05, 3.63) is 24.3 Å². The Bertz CT molecular complexity index is 438. The minimum atomic E-state index is -1.34. The zero-order valence-corrected chi connectivity index (χ0v) is 13.0. The number of carbonyl (C=O) groups is 2. The van der Waals surface area contributed by atoms with Gasteiger partial charge >= 0.3 is 11.9 Å². The first-order chi connectivity index (χ1) is 9.97. The number of unbranched alkanes of at least 4 members (excludes halogenated alkanes) is 3. The lowest BCUT2D eigenvalue weighted by molar-refractivity contribution is -0.167. The Hall–Kier alpha value is -1.58. The highest BCUT2D eigenvalue weighted by molar-refractivity contribution is 5.90. The molecule has 0 amide bonds. The third-order valence-corrected chi connectivity index (χ3v) is 4.50. The van der Waals surface area contributed by atoms with Gasteiger partial charge in [-0.1, -0.05) is 70.3 Å². The van der Waals surface area contributed by atoms with Crippen molar-refractivity contribution in [2.24, 2.45) is 10.8 Å². The van der Waals surface area contributed by atoms with Crippen molar-refractivity contribution >= 4 is 11.9 Å². The molecule has 0 saturated heterocycles. The van der Waals surface area contributed by atoms with Gasteiger partial charge in [0.25, 0.3) is 0 Å². The van der Waals surface area contributed by atoms with Gasteiger partial charge in [0.2, 0.25) is 0 Å². The topological polar surface area (TPSA) is 74.6 Å². The Kier molecular flexibility index (Phi) is 6.19. The zero-order valence-electron chi connectivity index (χ0n) is 13.0. The number of carboxylic acids is 2. The first kappa shape index (κ1) is 17.5. The fraction of sp³-hybridized carbons (Fsp3) is 0.647. The van der Waals surface area contributed by atoms with E-state index in [9.17, 15) is 19.8 Å². The van der Waals surface area contributed by atoms with Crippen LogP contribution in [0.1, 0.15) is 58.8 Å². The van der Waals surface area contributed by atoms with Crippen LogP contribution in [0.25, 0.3) is 0 Å². The SMILES string of the molecule is CCCCCCC1(C(=O)O)C=CC=CC1(CCC)C(=O)O. The van der Waals surface area contributed by atoms with Crippen LogP contribution in [0, 0.1) is 10.8 Å². The first-order valence-electron chi connectivity index (χ1n) is 7.80. The quantitative estimate of drug-likeness (QED) is 0.630. The van der Waals surface area contributed by atoms with E-state index in [2.05, 4.69) is 6.92 Å². The number of rotatable bonds is 9.